The minimum atomic E-state index is 0.465. The second kappa shape index (κ2) is 6.90. The molecule has 0 bridgehead atoms. The van der Waals surface area contributed by atoms with Gasteiger partial charge < -0.3 is 10.2 Å². The average molecular weight is 263 g/mol. The van der Waals surface area contributed by atoms with Crippen molar-refractivity contribution in [3.05, 3.63) is 22.9 Å². The Morgan fingerprint density at radius 1 is 1.21 bits per heavy atom. The minimum absolute atomic E-state index is 0.465. The van der Waals surface area contributed by atoms with Crippen LogP contribution in [0.15, 0.2) is 6.07 Å². The van der Waals surface area contributed by atoms with Crippen molar-refractivity contribution in [3.63, 3.8) is 0 Å². The maximum absolute atomic E-state index is 4.81. The molecule has 1 N–H and O–H groups in total. The lowest BCUT2D eigenvalue weighted by Gasteiger charge is -2.32. The molecule has 1 heterocycles. The summed E-state index contributed by atoms with van der Waals surface area (Å²) in [6.45, 7) is 15.2. The minimum Gasteiger partial charge on any atom is -0.354 e. The first-order valence-electron chi connectivity index (χ1n) is 7.25. The van der Waals surface area contributed by atoms with Gasteiger partial charge >= 0.3 is 0 Å². The van der Waals surface area contributed by atoms with Crippen molar-refractivity contribution < 1.29 is 0 Å². The van der Waals surface area contributed by atoms with Crippen LogP contribution >= 0.6 is 0 Å². The Morgan fingerprint density at radius 2 is 1.84 bits per heavy atom. The molecular weight excluding hydrogens is 234 g/mol. The molecule has 0 unspecified atom stereocenters. The number of hydrogen-bond acceptors (Lipinski definition) is 3. The van der Waals surface area contributed by atoms with Gasteiger partial charge in [-0.05, 0) is 52.3 Å². The lowest BCUT2D eigenvalue weighted by Crippen LogP contribution is -2.36. The van der Waals surface area contributed by atoms with E-state index in [-0.39, 0.29) is 0 Å². The number of aromatic nitrogens is 1. The summed E-state index contributed by atoms with van der Waals surface area (Å²) in [4.78, 5) is 7.24. The average Bonchev–Trinajstić information content (AvgIpc) is 2.29. The predicted octanol–water partition coefficient (Wildman–Crippen LogP) is 3.29. The molecule has 0 aliphatic heterocycles. The Labute approximate surface area is 118 Å². The molecule has 3 nitrogen and oxygen atoms in total. The number of aryl methyl sites for hydroxylation is 2. The standard InChI is InChI=1S/C16H29N3/c1-11(2)10-19(12(3)4)16-15(9-17-7)13(5)8-14(6)18-16/h8,11-12,17H,9-10H2,1-7H3. The van der Waals surface area contributed by atoms with Gasteiger partial charge in [0.15, 0.2) is 0 Å². The smallest absolute Gasteiger partial charge is 0.133 e. The second-order valence-corrected chi connectivity index (χ2v) is 6.05. The Kier molecular flexibility index (Phi) is 5.80. The van der Waals surface area contributed by atoms with Crippen LogP contribution in [0.1, 0.15) is 44.5 Å². The second-order valence-electron chi connectivity index (χ2n) is 6.05. The Bertz CT molecular complexity index is 411. The van der Waals surface area contributed by atoms with E-state index in [0.717, 1.165) is 24.6 Å². The van der Waals surface area contributed by atoms with Crippen molar-refractivity contribution in [3.8, 4) is 0 Å². The van der Waals surface area contributed by atoms with Crippen molar-refractivity contribution >= 4 is 5.82 Å². The molecule has 1 aromatic rings. The van der Waals surface area contributed by atoms with Crippen LogP contribution in [0.5, 0.6) is 0 Å². The first-order chi connectivity index (χ1) is 8.86. The third kappa shape index (κ3) is 4.20. The number of anilines is 1. The SMILES string of the molecule is CNCc1c(C)cc(C)nc1N(CC(C)C)C(C)C. The van der Waals surface area contributed by atoms with E-state index in [9.17, 15) is 0 Å². The summed E-state index contributed by atoms with van der Waals surface area (Å²) in [7, 11) is 1.99. The summed E-state index contributed by atoms with van der Waals surface area (Å²) >= 11 is 0. The molecule has 0 aliphatic carbocycles. The number of nitrogens with zero attached hydrogens (tertiary/aromatic N) is 2. The predicted molar refractivity (Wildman–Crippen MR) is 83.8 cm³/mol. The molecule has 0 aliphatic rings. The van der Waals surface area contributed by atoms with Crippen molar-refractivity contribution in [2.45, 2.75) is 54.1 Å². The number of pyridine rings is 1. The Hall–Kier alpha value is -1.09. The molecule has 0 aromatic carbocycles. The van der Waals surface area contributed by atoms with Crippen LogP contribution in [0, 0.1) is 19.8 Å². The van der Waals surface area contributed by atoms with Gasteiger partial charge in [-0.2, -0.15) is 0 Å². The molecule has 0 spiro atoms. The molecule has 1 aromatic heterocycles. The number of rotatable bonds is 6. The van der Waals surface area contributed by atoms with Crippen LogP contribution in [0.4, 0.5) is 5.82 Å². The van der Waals surface area contributed by atoms with E-state index in [1.807, 2.05) is 7.05 Å². The van der Waals surface area contributed by atoms with E-state index in [1.54, 1.807) is 0 Å². The van der Waals surface area contributed by atoms with Gasteiger partial charge in [-0.25, -0.2) is 4.98 Å². The molecule has 3 heteroatoms. The fourth-order valence-electron chi connectivity index (χ4n) is 2.41. The van der Waals surface area contributed by atoms with Crippen molar-refractivity contribution in [1.82, 2.24) is 10.3 Å². The molecule has 0 saturated carbocycles. The van der Waals surface area contributed by atoms with E-state index < -0.39 is 0 Å². The van der Waals surface area contributed by atoms with Gasteiger partial charge in [0.2, 0.25) is 0 Å². The normalized spacial score (nSPS) is 11.4. The van der Waals surface area contributed by atoms with Gasteiger partial charge in [-0.3, -0.25) is 0 Å². The Morgan fingerprint density at radius 3 is 2.32 bits per heavy atom. The van der Waals surface area contributed by atoms with Crippen molar-refractivity contribution in [2.75, 3.05) is 18.5 Å². The fraction of sp³-hybridized carbons (Fsp3) is 0.688. The summed E-state index contributed by atoms with van der Waals surface area (Å²) in [6, 6.07) is 2.64. The Balaban J connectivity index is 3.26. The first kappa shape index (κ1) is 16.0. The van der Waals surface area contributed by atoms with E-state index in [2.05, 4.69) is 57.8 Å². The van der Waals surface area contributed by atoms with Crippen LogP contribution < -0.4 is 10.2 Å². The van der Waals surface area contributed by atoms with E-state index in [0.29, 0.717) is 12.0 Å². The summed E-state index contributed by atoms with van der Waals surface area (Å²) in [5.74, 6) is 1.78. The number of nitrogens with one attached hydrogen (secondary N) is 1. The van der Waals surface area contributed by atoms with Crippen molar-refractivity contribution in [1.29, 1.82) is 0 Å². The monoisotopic (exact) mass is 263 g/mol. The molecule has 0 fully saturated rings. The van der Waals surface area contributed by atoms with E-state index in [1.165, 1.54) is 11.1 Å². The highest BCUT2D eigenvalue weighted by Crippen LogP contribution is 2.25. The summed E-state index contributed by atoms with van der Waals surface area (Å²) < 4.78 is 0. The largest absolute Gasteiger partial charge is 0.354 e. The molecule has 0 saturated heterocycles. The van der Waals surface area contributed by atoms with Gasteiger partial charge in [0, 0.05) is 30.4 Å². The quantitative estimate of drug-likeness (QED) is 0.853. The van der Waals surface area contributed by atoms with Crippen LogP contribution in [0.2, 0.25) is 0 Å². The van der Waals surface area contributed by atoms with Crippen LogP contribution in [0.25, 0.3) is 0 Å². The van der Waals surface area contributed by atoms with Crippen LogP contribution in [0.3, 0.4) is 0 Å². The molecule has 0 amide bonds. The highest BCUT2D eigenvalue weighted by molar-refractivity contribution is 5.52. The van der Waals surface area contributed by atoms with Gasteiger partial charge in [-0.15, -0.1) is 0 Å². The number of hydrogen-bond donors (Lipinski definition) is 1. The van der Waals surface area contributed by atoms with Gasteiger partial charge in [-0.1, -0.05) is 13.8 Å². The third-order valence-electron chi connectivity index (χ3n) is 3.26. The molecule has 19 heavy (non-hydrogen) atoms. The lowest BCUT2D eigenvalue weighted by molar-refractivity contribution is 0.562. The highest BCUT2D eigenvalue weighted by Gasteiger charge is 2.18. The fourth-order valence-corrected chi connectivity index (χ4v) is 2.41. The lowest BCUT2D eigenvalue weighted by atomic mass is 10.1. The first-order valence-corrected chi connectivity index (χ1v) is 7.25. The maximum atomic E-state index is 4.81. The third-order valence-corrected chi connectivity index (χ3v) is 3.26. The maximum Gasteiger partial charge on any atom is 0.133 e. The highest BCUT2D eigenvalue weighted by atomic mass is 15.2. The van der Waals surface area contributed by atoms with E-state index >= 15 is 0 Å². The molecule has 108 valence electrons. The topological polar surface area (TPSA) is 28.2 Å². The van der Waals surface area contributed by atoms with Gasteiger partial charge in [0.25, 0.3) is 0 Å². The van der Waals surface area contributed by atoms with Gasteiger partial charge in [0.1, 0.15) is 5.82 Å². The molecule has 0 atom stereocenters. The summed E-state index contributed by atoms with van der Waals surface area (Å²) in [5, 5.41) is 3.27. The molecule has 0 radical (unpaired) electrons. The zero-order chi connectivity index (χ0) is 14.6. The summed E-state index contributed by atoms with van der Waals surface area (Å²) in [5.41, 5.74) is 3.75. The molecular formula is C16H29N3. The van der Waals surface area contributed by atoms with Crippen molar-refractivity contribution in [2.24, 2.45) is 5.92 Å². The zero-order valence-corrected chi connectivity index (χ0v) is 13.5. The van der Waals surface area contributed by atoms with Gasteiger partial charge in [0.05, 0.1) is 0 Å². The van der Waals surface area contributed by atoms with E-state index in [4.69, 9.17) is 4.98 Å². The summed E-state index contributed by atoms with van der Waals surface area (Å²) in [6.07, 6.45) is 0. The van der Waals surface area contributed by atoms with Crippen LogP contribution in [-0.4, -0.2) is 24.6 Å². The zero-order valence-electron chi connectivity index (χ0n) is 13.5. The molecule has 1 rings (SSSR count). The van der Waals surface area contributed by atoms with Crippen LogP contribution in [-0.2, 0) is 6.54 Å².